The first-order valence-corrected chi connectivity index (χ1v) is 20.7. The molecule has 0 saturated carbocycles. The van der Waals surface area contributed by atoms with Gasteiger partial charge in [0.2, 0.25) is 11.8 Å². The Balaban J connectivity index is 0.839. The van der Waals surface area contributed by atoms with E-state index >= 15 is 4.39 Å². The number of hydrogen-bond donors (Lipinski definition) is 2. The molecular weight excluding hydrogens is 734 g/mol. The average Bonchev–Trinajstić information content (AvgIpc) is 3.63. The first kappa shape index (κ1) is 37.7. The molecule has 3 unspecified atom stereocenters. The number of halogens is 1. The molecule has 11 heteroatoms. The van der Waals surface area contributed by atoms with Gasteiger partial charge in [0.05, 0.1) is 16.8 Å². The Morgan fingerprint density at radius 1 is 0.759 bits per heavy atom. The molecule has 0 aliphatic carbocycles. The summed E-state index contributed by atoms with van der Waals surface area (Å²) in [5.74, 6) is -2.16. The summed E-state index contributed by atoms with van der Waals surface area (Å²) >= 11 is 0. The smallest absolute Gasteiger partial charge is 0.262 e. The van der Waals surface area contributed by atoms with Gasteiger partial charge in [0.1, 0.15) is 17.6 Å². The van der Waals surface area contributed by atoms with Crippen molar-refractivity contribution in [2.24, 2.45) is 5.92 Å². The molecule has 298 valence electrons. The van der Waals surface area contributed by atoms with Gasteiger partial charge in [-0.2, -0.15) is 0 Å². The molecule has 4 saturated heterocycles. The Labute approximate surface area is 337 Å². The molecule has 0 aromatic heterocycles. The summed E-state index contributed by atoms with van der Waals surface area (Å²) in [4.78, 5) is 59.0. The van der Waals surface area contributed by atoms with Crippen LogP contribution < -0.4 is 15.1 Å². The number of phenols is 1. The highest BCUT2D eigenvalue weighted by atomic mass is 19.1. The van der Waals surface area contributed by atoms with Crippen LogP contribution in [0.4, 0.5) is 15.8 Å². The van der Waals surface area contributed by atoms with Gasteiger partial charge >= 0.3 is 0 Å². The number of hydrogen-bond acceptors (Lipinski definition) is 8. The molecule has 0 radical (unpaired) electrons. The molecule has 4 fully saturated rings. The van der Waals surface area contributed by atoms with Crippen LogP contribution in [-0.4, -0.2) is 89.4 Å². The third kappa shape index (κ3) is 6.95. The predicted octanol–water partition coefficient (Wildman–Crippen LogP) is 6.87. The number of rotatable bonds is 9. The number of piperazine rings is 1. The van der Waals surface area contributed by atoms with Crippen LogP contribution in [0.15, 0.2) is 91.0 Å². The Morgan fingerprint density at radius 3 is 2.00 bits per heavy atom. The number of nitrogens with zero attached hydrogens (tertiary/aromatic N) is 4. The quantitative estimate of drug-likeness (QED) is 0.140. The molecule has 5 aliphatic rings. The maximum atomic E-state index is 15.8. The van der Waals surface area contributed by atoms with E-state index in [9.17, 15) is 24.3 Å². The normalized spacial score (nSPS) is 23.0. The number of aromatic hydroxyl groups is 1. The Hall–Kier alpha value is -5.81. The fourth-order valence-corrected chi connectivity index (χ4v) is 10.1. The number of anilines is 2. The second kappa shape index (κ2) is 15.5. The zero-order chi connectivity index (χ0) is 40.1. The topological polar surface area (TPSA) is 114 Å². The molecule has 10 nitrogen and oxygen atoms in total. The van der Waals surface area contributed by atoms with Crippen molar-refractivity contribution < 1.29 is 28.7 Å². The van der Waals surface area contributed by atoms with Gasteiger partial charge < -0.3 is 14.9 Å². The van der Waals surface area contributed by atoms with Gasteiger partial charge in [0.15, 0.2) is 0 Å². The average molecular weight is 782 g/mol. The molecule has 4 aromatic carbocycles. The van der Waals surface area contributed by atoms with Crippen LogP contribution in [-0.2, 0) is 9.59 Å². The number of carbonyl (C=O) groups excluding carboxylic acids is 4. The third-order valence-corrected chi connectivity index (χ3v) is 12.9. The molecule has 4 amide bonds. The van der Waals surface area contributed by atoms with Crippen LogP contribution in [0.5, 0.6) is 5.75 Å². The van der Waals surface area contributed by atoms with Crippen molar-refractivity contribution in [3.05, 3.63) is 125 Å². The van der Waals surface area contributed by atoms with Gasteiger partial charge in [-0.15, -0.1) is 0 Å². The van der Waals surface area contributed by atoms with Crippen molar-refractivity contribution in [3.63, 3.8) is 0 Å². The molecular formula is C47H48FN5O5. The minimum Gasteiger partial charge on any atom is -0.508 e. The standard InChI is InChI=1S/C47H48FN5O5/c1-2-37(30-6-4-3-5-7-30)44(32-10-16-36(54)17-11-32)31-8-12-33(13-9-31)51-22-20-29(21-23-51)26-50-27-34-14-15-35(28-50)52(34)42-25-39-38(24-40(42)48)46(57)53(47(39)58)41-18-19-43(55)49-45(41)56/h3-13,16-17,24-25,29,34-35,41,54H,2,14-15,18-23,26-28H2,1H3,(H,49,55,56). The second-order valence-corrected chi connectivity index (χ2v) is 16.4. The van der Waals surface area contributed by atoms with E-state index in [4.69, 9.17) is 0 Å². The van der Waals surface area contributed by atoms with E-state index in [-0.39, 0.29) is 41.8 Å². The van der Waals surface area contributed by atoms with E-state index in [1.807, 2.05) is 18.2 Å². The molecule has 9 rings (SSSR count). The first-order valence-electron chi connectivity index (χ1n) is 20.7. The van der Waals surface area contributed by atoms with E-state index in [1.165, 1.54) is 28.5 Å². The van der Waals surface area contributed by atoms with Crippen molar-refractivity contribution >= 4 is 46.1 Å². The van der Waals surface area contributed by atoms with Crippen molar-refractivity contribution in [2.45, 2.75) is 70.0 Å². The largest absolute Gasteiger partial charge is 0.508 e. The Kier molecular flexibility index (Phi) is 10.1. The van der Waals surface area contributed by atoms with Crippen LogP contribution in [0.3, 0.4) is 0 Å². The van der Waals surface area contributed by atoms with E-state index in [2.05, 4.69) is 75.5 Å². The fraction of sp³-hybridized carbons (Fsp3) is 0.362. The number of phenolic OH excluding ortho intramolecular Hbond substituents is 1. The Bertz CT molecular complexity index is 2270. The highest BCUT2D eigenvalue weighted by Gasteiger charge is 2.47. The van der Waals surface area contributed by atoms with Crippen molar-refractivity contribution in [1.29, 1.82) is 0 Å². The third-order valence-electron chi connectivity index (χ3n) is 12.9. The van der Waals surface area contributed by atoms with Gasteiger partial charge in [-0.25, -0.2) is 4.39 Å². The number of amides is 4. The Morgan fingerprint density at radius 2 is 1.38 bits per heavy atom. The summed E-state index contributed by atoms with van der Waals surface area (Å²) in [6.07, 6.45) is 4.98. The van der Waals surface area contributed by atoms with Crippen molar-refractivity contribution in [1.82, 2.24) is 15.1 Å². The molecule has 58 heavy (non-hydrogen) atoms. The zero-order valence-corrected chi connectivity index (χ0v) is 32.7. The van der Waals surface area contributed by atoms with Gasteiger partial charge in [-0.05, 0) is 109 Å². The minimum absolute atomic E-state index is 0.0300. The summed E-state index contributed by atoms with van der Waals surface area (Å²) in [6, 6.07) is 28.7. The van der Waals surface area contributed by atoms with Crippen LogP contribution in [0.2, 0.25) is 0 Å². The lowest BCUT2D eigenvalue weighted by Gasteiger charge is -2.44. The highest BCUT2D eigenvalue weighted by Crippen LogP contribution is 2.41. The summed E-state index contributed by atoms with van der Waals surface area (Å²) in [7, 11) is 0. The number of benzene rings is 4. The summed E-state index contributed by atoms with van der Waals surface area (Å²) in [5.41, 5.74) is 7.48. The van der Waals surface area contributed by atoms with Gasteiger partial charge in [-0.3, -0.25) is 34.3 Å². The maximum absolute atomic E-state index is 15.8. The number of nitrogens with one attached hydrogen (secondary N) is 1. The lowest BCUT2D eigenvalue weighted by atomic mass is 9.88. The SMILES string of the molecule is CCC(=C(c1ccc(O)cc1)c1ccc(N2CCC(CN3CC4CCC(C3)N4c3cc4c(cc3F)C(=O)N(C3CCC(=O)NC3=O)C4=O)CC2)cc1)c1ccccc1. The number of imide groups is 2. The molecule has 2 N–H and O–H groups in total. The minimum atomic E-state index is -1.09. The second-order valence-electron chi connectivity index (χ2n) is 16.4. The highest BCUT2D eigenvalue weighted by molar-refractivity contribution is 6.23. The van der Waals surface area contributed by atoms with E-state index in [0.29, 0.717) is 11.6 Å². The number of fused-ring (bicyclic) bond motifs is 3. The molecule has 2 bridgehead atoms. The van der Waals surface area contributed by atoms with Gasteiger partial charge in [-0.1, -0.05) is 61.5 Å². The number of allylic oxidation sites excluding steroid dienone is 1. The van der Waals surface area contributed by atoms with E-state index < -0.39 is 35.5 Å². The summed E-state index contributed by atoms with van der Waals surface area (Å²) in [5, 5.41) is 12.2. The predicted molar refractivity (Wildman–Crippen MR) is 221 cm³/mol. The number of likely N-dealkylation sites (tertiary alicyclic amines) is 1. The monoisotopic (exact) mass is 781 g/mol. The lowest BCUT2D eigenvalue weighted by molar-refractivity contribution is -0.136. The van der Waals surface area contributed by atoms with Crippen molar-refractivity contribution in [2.75, 3.05) is 42.5 Å². The van der Waals surface area contributed by atoms with E-state index in [0.717, 1.165) is 86.9 Å². The van der Waals surface area contributed by atoms with Crippen LogP contribution in [0.25, 0.3) is 11.1 Å². The molecule has 5 aliphatic heterocycles. The van der Waals surface area contributed by atoms with Gasteiger partial charge in [0.25, 0.3) is 11.8 Å². The molecule has 4 aromatic rings. The maximum Gasteiger partial charge on any atom is 0.262 e. The lowest BCUT2D eigenvalue weighted by Crippen LogP contribution is -2.55. The van der Waals surface area contributed by atoms with Crippen LogP contribution in [0, 0.1) is 11.7 Å². The molecule has 0 spiro atoms. The molecule has 3 atom stereocenters. The molecule has 5 heterocycles. The summed E-state index contributed by atoms with van der Waals surface area (Å²) in [6.45, 7) is 6.76. The van der Waals surface area contributed by atoms with Crippen molar-refractivity contribution in [3.8, 4) is 5.75 Å². The summed E-state index contributed by atoms with van der Waals surface area (Å²) < 4.78 is 15.8. The van der Waals surface area contributed by atoms with Gasteiger partial charge in [0, 0.05) is 56.9 Å². The first-order chi connectivity index (χ1) is 28.2. The van der Waals surface area contributed by atoms with E-state index in [1.54, 1.807) is 12.1 Å². The fourth-order valence-electron chi connectivity index (χ4n) is 10.1. The number of piperidine rings is 2. The van der Waals surface area contributed by atoms with Crippen LogP contribution in [0.1, 0.15) is 89.3 Å². The van der Waals surface area contributed by atoms with Crippen LogP contribution >= 0.6 is 0 Å². The number of carbonyl (C=O) groups is 4. The zero-order valence-electron chi connectivity index (χ0n) is 32.7.